The van der Waals surface area contributed by atoms with Crippen LogP contribution in [0.25, 0.3) is 11.3 Å². The van der Waals surface area contributed by atoms with Crippen molar-refractivity contribution in [1.29, 1.82) is 0 Å². The van der Waals surface area contributed by atoms with E-state index in [1.165, 1.54) is 12.1 Å². The van der Waals surface area contributed by atoms with Gasteiger partial charge in [-0.15, -0.1) is 0 Å². The molecule has 5 unspecified atom stereocenters. The first-order valence-electron chi connectivity index (χ1n) is 18.9. The minimum Gasteiger partial charge on any atom is -0.453 e. The molecule has 2 bridgehead atoms. The van der Waals surface area contributed by atoms with Gasteiger partial charge in [-0.2, -0.15) is 13.2 Å². The minimum atomic E-state index is -4.60. The van der Waals surface area contributed by atoms with Crippen molar-refractivity contribution in [2.24, 2.45) is 5.41 Å². The van der Waals surface area contributed by atoms with Gasteiger partial charge in [-0.25, -0.2) is 0 Å². The van der Waals surface area contributed by atoms with Crippen molar-refractivity contribution in [3.05, 3.63) is 129 Å². The van der Waals surface area contributed by atoms with Crippen molar-refractivity contribution < 1.29 is 42.8 Å². The van der Waals surface area contributed by atoms with Crippen LogP contribution in [0.15, 0.2) is 94.9 Å². The molecule has 0 radical (unpaired) electrons. The third-order valence-electron chi connectivity index (χ3n) is 11.7. The number of nitrogens with zero attached hydrogens (tertiary/aromatic N) is 1. The summed E-state index contributed by atoms with van der Waals surface area (Å²) in [6.45, 7) is 4.49. The Morgan fingerprint density at radius 1 is 1.04 bits per heavy atom. The van der Waals surface area contributed by atoms with Crippen LogP contribution in [0.2, 0.25) is 5.02 Å². The summed E-state index contributed by atoms with van der Waals surface area (Å²) in [6.07, 6.45) is -0.406. The van der Waals surface area contributed by atoms with E-state index in [2.05, 4.69) is 13.0 Å². The average molecular weight is 780 g/mol. The van der Waals surface area contributed by atoms with E-state index in [1.54, 1.807) is 6.07 Å². The molecule has 3 aliphatic rings. The van der Waals surface area contributed by atoms with E-state index in [-0.39, 0.29) is 41.1 Å². The molecule has 0 amide bonds. The number of alkyl halides is 3. The van der Waals surface area contributed by atoms with E-state index in [1.807, 2.05) is 54.3 Å². The van der Waals surface area contributed by atoms with Gasteiger partial charge in [0.1, 0.15) is 5.76 Å². The number of carbonyl (C=O) groups excluding carboxylic acids is 1. The van der Waals surface area contributed by atoms with E-state index in [4.69, 9.17) is 16.0 Å². The Hall–Kier alpha value is -3.77. The maximum absolute atomic E-state index is 14.6. The maximum atomic E-state index is 14.6. The van der Waals surface area contributed by atoms with Crippen LogP contribution in [0.3, 0.4) is 0 Å². The summed E-state index contributed by atoms with van der Waals surface area (Å²) in [5.74, 6) is -0.844. The Morgan fingerprint density at radius 2 is 1.80 bits per heavy atom. The summed E-state index contributed by atoms with van der Waals surface area (Å²) in [4.78, 5) is 16.5. The molecule has 7 rings (SSSR count). The van der Waals surface area contributed by atoms with Gasteiger partial charge in [0.15, 0.2) is 5.76 Å². The SMILES string of the molecule is CC1=CCCC2(C)C(CCC2(O)CN(Cc2ccccc2)CC(O)CO)c2ccc(cc2C(=O)c2ccc(-c3cc(C(F)(F)F)ccc3Cl)o2)CC(O)CC1. The lowest BCUT2D eigenvalue weighted by atomic mass is 9.64. The Labute approximate surface area is 325 Å². The van der Waals surface area contributed by atoms with Gasteiger partial charge >= 0.3 is 6.18 Å². The van der Waals surface area contributed by atoms with Crippen LogP contribution in [0.4, 0.5) is 13.2 Å². The molecule has 0 saturated heterocycles. The van der Waals surface area contributed by atoms with Crippen molar-refractivity contribution in [3.63, 3.8) is 0 Å². The third-order valence-corrected chi connectivity index (χ3v) is 12.0. The average Bonchev–Trinajstić information content (AvgIpc) is 3.73. The van der Waals surface area contributed by atoms with Gasteiger partial charge in [0.2, 0.25) is 5.78 Å². The third kappa shape index (κ3) is 9.11. The molecule has 0 aliphatic heterocycles. The lowest BCUT2D eigenvalue weighted by Gasteiger charge is -2.46. The van der Waals surface area contributed by atoms with Crippen molar-refractivity contribution in [1.82, 2.24) is 4.90 Å². The number of aliphatic hydroxyl groups excluding tert-OH is 3. The molecule has 11 heteroatoms. The second kappa shape index (κ2) is 16.8. The largest absolute Gasteiger partial charge is 0.453 e. The molecule has 4 aromatic rings. The topological polar surface area (TPSA) is 114 Å². The Balaban J connectivity index is 1.41. The first kappa shape index (κ1) is 40.9. The van der Waals surface area contributed by atoms with Gasteiger partial charge in [0.05, 0.1) is 35.0 Å². The Kier molecular flexibility index (Phi) is 12.5. The summed E-state index contributed by atoms with van der Waals surface area (Å²) in [5, 5.41) is 44.2. The van der Waals surface area contributed by atoms with Crippen LogP contribution in [0.5, 0.6) is 0 Å². The first-order chi connectivity index (χ1) is 26.1. The number of furan rings is 1. The number of aliphatic hydroxyl groups is 4. The number of carbonyl (C=O) groups is 1. The number of benzene rings is 3. The van der Waals surface area contributed by atoms with E-state index >= 15 is 0 Å². The molecule has 1 saturated carbocycles. The molecular weight excluding hydrogens is 731 g/mol. The fraction of sp³-hybridized carbons (Fsp3) is 0.432. The smallest absolute Gasteiger partial charge is 0.416 e. The summed E-state index contributed by atoms with van der Waals surface area (Å²) >= 11 is 6.32. The van der Waals surface area contributed by atoms with E-state index in [0.29, 0.717) is 62.6 Å². The molecule has 7 nitrogen and oxygen atoms in total. The van der Waals surface area contributed by atoms with E-state index < -0.39 is 47.4 Å². The molecule has 1 aromatic heterocycles. The molecule has 3 aliphatic carbocycles. The second-order valence-electron chi connectivity index (χ2n) is 15.6. The van der Waals surface area contributed by atoms with Crippen LogP contribution >= 0.6 is 11.6 Å². The lowest BCUT2D eigenvalue weighted by Crippen LogP contribution is -2.53. The van der Waals surface area contributed by atoms with Gasteiger partial charge in [-0.3, -0.25) is 9.69 Å². The molecule has 294 valence electrons. The van der Waals surface area contributed by atoms with Crippen LogP contribution in [0, 0.1) is 5.41 Å². The zero-order chi connectivity index (χ0) is 39.5. The van der Waals surface area contributed by atoms with Crippen LogP contribution < -0.4 is 0 Å². The number of hydrogen-bond acceptors (Lipinski definition) is 7. The number of ketones is 1. The summed E-state index contributed by atoms with van der Waals surface area (Å²) in [6, 6.07) is 21.1. The van der Waals surface area contributed by atoms with Crippen LogP contribution in [0.1, 0.15) is 96.7 Å². The Bertz CT molecular complexity index is 2000. The highest BCUT2D eigenvalue weighted by atomic mass is 35.5. The van der Waals surface area contributed by atoms with Gasteiger partial charge in [-0.1, -0.05) is 72.6 Å². The first-order valence-corrected chi connectivity index (χ1v) is 19.2. The van der Waals surface area contributed by atoms with E-state index in [0.717, 1.165) is 34.9 Å². The molecular formula is C44H49ClF3NO6. The normalized spacial score (nSPS) is 24.0. The summed E-state index contributed by atoms with van der Waals surface area (Å²) in [5.41, 5.74) is 0.990. The Morgan fingerprint density at radius 3 is 2.53 bits per heavy atom. The standard InChI is InChI=1S/C44H49ClF3NO6/c1-28-7-6-19-42(2)37(18-20-43(42,54)27-49(25-33(52)26-50)24-29-8-4-3-5-9-29)34-14-11-30(21-32(51)13-10-28)22-35(34)41(53)40-17-16-39(55-40)36-23-31(44(46,47)48)12-15-38(36)45/h3-5,7-9,11-12,14-17,22-23,32-33,37,50-52,54H,6,10,13,18-21,24-27H2,1-2H3. The van der Waals surface area contributed by atoms with Gasteiger partial charge < -0.3 is 24.8 Å². The minimum absolute atomic E-state index is 0.00486. The molecule has 1 heterocycles. The van der Waals surface area contributed by atoms with Crippen molar-refractivity contribution in [3.8, 4) is 11.3 Å². The molecule has 4 N–H and O–H groups in total. The number of fused-ring (bicyclic) bond motifs is 8. The summed E-state index contributed by atoms with van der Waals surface area (Å²) in [7, 11) is 0. The number of halogens is 4. The zero-order valence-corrected chi connectivity index (χ0v) is 31.9. The quantitative estimate of drug-likeness (QED) is 0.0941. The molecule has 3 aromatic carbocycles. The number of hydrogen-bond donors (Lipinski definition) is 4. The van der Waals surface area contributed by atoms with Gasteiger partial charge in [-0.05, 0) is 111 Å². The monoisotopic (exact) mass is 779 g/mol. The molecule has 55 heavy (non-hydrogen) atoms. The molecule has 0 spiro atoms. The zero-order valence-electron chi connectivity index (χ0n) is 31.2. The maximum Gasteiger partial charge on any atom is 0.416 e. The van der Waals surface area contributed by atoms with Crippen molar-refractivity contribution in [2.75, 3.05) is 19.7 Å². The highest BCUT2D eigenvalue weighted by Gasteiger charge is 2.57. The predicted octanol–water partition coefficient (Wildman–Crippen LogP) is 8.74. The van der Waals surface area contributed by atoms with Crippen molar-refractivity contribution >= 4 is 17.4 Å². The molecule has 1 fully saturated rings. The van der Waals surface area contributed by atoms with Gasteiger partial charge in [0.25, 0.3) is 0 Å². The predicted molar refractivity (Wildman–Crippen MR) is 206 cm³/mol. The molecule has 5 atom stereocenters. The van der Waals surface area contributed by atoms with E-state index in [9.17, 15) is 38.4 Å². The van der Waals surface area contributed by atoms with Gasteiger partial charge in [0, 0.05) is 36.2 Å². The summed E-state index contributed by atoms with van der Waals surface area (Å²) < 4.78 is 46.7. The second-order valence-corrected chi connectivity index (χ2v) is 16.0. The highest BCUT2D eigenvalue weighted by molar-refractivity contribution is 6.33. The highest BCUT2D eigenvalue weighted by Crippen LogP contribution is 2.59. The lowest BCUT2D eigenvalue weighted by molar-refractivity contribution is -0.137. The van der Waals surface area contributed by atoms with Crippen LogP contribution in [-0.4, -0.2) is 68.6 Å². The number of allylic oxidation sites excluding steroid dienone is 2. The fourth-order valence-electron chi connectivity index (χ4n) is 8.58. The van der Waals surface area contributed by atoms with Crippen LogP contribution in [-0.2, 0) is 19.1 Å². The van der Waals surface area contributed by atoms with Crippen molar-refractivity contribution in [2.45, 2.75) is 95.2 Å². The number of rotatable bonds is 10. The fourth-order valence-corrected chi connectivity index (χ4v) is 8.79.